The molecule has 116 valence electrons. The molecule has 1 atom stereocenters. The minimum absolute atomic E-state index is 0.103. The van der Waals surface area contributed by atoms with E-state index >= 15 is 0 Å². The monoisotopic (exact) mass is 305 g/mol. The minimum Gasteiger partial charge on any atom is -0.488 e. The number of carbonyl (C=O) groups excluding carboxylic acids is 1. The van der Waals surface area contributed by atoms with Crippen LogP contribution in [0.2, 0.25) is 0 Å². The lowest BCUT2D eigenvalue weighted by Crippen LogP contribution is -2.33. The zero-order chi connectivity index (χ0) is 15.6. The van der Waals surface area contributed by atoms with Crippen LogP contribution < -0.4 is 4.74 Å². The van der Waals surface area contributed by atoms with E-state index in [0.29, 0.717) is 6.61 Å². The first-order chi connectivity index (χ1) is 11.3. The highest BCUT2D eigenvalue weighted by Gasteiger charge is 2.32. The molecular formula is C20H19NO2. The van der Waals surface area contributed by atoms with Crippen LogP contribution in [-0.2, 0) is 4.79 Å². The number of benzene rings is 2. The summed E-state index contributed by atoms with van der Waals surface area (Å²) in [4.78, 5) is 15.0. The van der Waals surface area contributed by atoms with E-state index in [2.05, 4.69) is 12.1 Å². The zero-order valence-electron chi connectivity index (χ0n) is 12.9. The maximum Gasteiger partial charge on any atom is 0.253 e. The van der Waals surface area contributed by atoms with Crippen molar-refractivity contribution in [3.63, 3.8) is 0 Å². The Morgan fingerprint density at radius 2 is 1.83 bits per heavy atom. The molecule has 0 aliphatic carbocycles. The normalized spacial score (nSPS) is 19.7. The fourth-order valence-electron chi connectivity index (χ4n) is 3.46. The van der Waals surface area contributed by atoms with Crippen molar-refractivity contribution in [3.05, 3.63) is 71.3 Å². The summed E-state index contributed by atoms with van der Waals surface area (Å²) in [6.07, 6.45) is 4.05. The highest BCUT2D eigenvalue weighted by molar-refractivity contribution is 5.99. The SMILES string of the molecule is O=C(C1=Cc2ccccc2OC1)N1CCCC1c1ccccc1. The summed E-state index contributed by atoms with van der Waals surface area (Å²) < 4.78 is 5.74. The summed E-state index contributed by atoms with van der Waals surface area (Å²) in [7, 11) is 0. The van der Waals surface area contributed by atoms with Gasteiger partial charge in [-0.15, -0.1) is 0 Å². The van der Waals surface area contributed by atoms with Gasteiger partial charge in [-0.05, 0) is 30.5 Å². The van der Waals surface area contributed by atoms with Crippen molar-refractivity contribution in [1.82, 2.24) is 4.90 Å². The van der Waals surface area contributed by atoms with E-state index in [9.17, 15) is 4.79 Å². The highest BCUT2D eigenvalue weighted by Crippen LogP contribution is 2.34. The molecule has 0 bridgehead atoms. The van der Waals surface area contributed by atoms with Crippen LogP contribution in [0.25, 0.3) is 6.08 Å². The average molecular weight is 305 g/mol. The highest BCUT2D eigenvalue weighted by atomic mass is 16.5. The quantitative estimate of drug-likeness (QED) is 0.844. The van der Waals surface area contributed by atoms with Gasteiger partial charge in [0.2, 0.25) is 0 Å². The third kappa shape index (κ3) is 2.63. The standard InChI is InChI=1S/C20H19NO2/c22-20(17-13-16-9-4-5-11-19(16)23-14-17)21-12-6-10-18(21)15-7-2-1-3-8-15/h1-5,7-9,11,13,18H,6,10,12,14H2. The Kier molecular flexibility index (Phi) is 3.62. The smallest absolute Gasteiger partial charge is 0.253 e. The van der Waals surface area contributed by atoms with Gasteiger partial charge in [-0.3, -0.25) is 4.79 Å². The molecule has 23 heavy (non-hydrogen) atoms. The number of amides is 1. The van der Waals surface area contributed by atoms with E-state index in [1.807, 2.05) is 53.4 Å². The Morgan fingerprint density at radius 3 is 2.70 bits per heavy atom. The maximum atomic E-state index is 13.0. The van der Waals surface area contributed by atoms with Crippen molar-refractivity contribution in [3.8, 4) is 5.75 Å². The van der Waals surface area contributed by atoms with E-state index in [4.69, 9.17) is 4.74 Å². The number of likely N-dealkylation sites (tertiary alicyclic amines) is 1. The summed E-state index contributed by atoms with van der Waals surface area (Å²) in [5.41, 5.74) is 2.94. The van der Waals surface area contributed by atoms with Gasteiger partial charge in [-0.25, -0.2) is 0 Å². The van der Waals surface area contributed by atoms with E-state index in [1.54, 1.807) is 0 Å². The van der Waals surface area contributed by atoms with E-state index in [-0.39, 0.29) is 11.9 Å². The largest absolute Gasteiger partial charge is 0.488 e. The third-order valence-electron chi connectivity index (χ3n) is 4.60. The predicted octanol–water partition coefficient (Wildman–Crippen LogP) is 3.83. The molecule has 2 aliphatic heterocycles. The number of hydrogen-bond donors (Lipinski definition) is 0. The Balaban J connectivity index is 1.61. The Morgan fingerprint density at radius 1 is 1.04 bits per heavy atom. The van der Waals surface area contributed by atoms with Crippen LogP contribution in [0.3, 0.4) is 0 Å². The van der Waals surface area contributed by atoms with Gasteiger partial charge in [0.1, 0.15) is 12.4 Å². The van der Waals surface area contributed by atoms with Gasteiger partial charge in [0, 0.05) is 12.1 Å². The molecule has 4 rings (SSSR count). The lowest BCUT2D eigenvalue weighted by atomic mass is 10.0. The molecule has 2 aliphatic rings. The van der Waals surface area contributed by atoms with Crippen LogP contribution in [0.1, 0.15) is 30.0 Å². The van der Waals surface area contributed by atoms with E-state index in [1.165, 1.54) is 5.56 Å². The van der Waals surface area contributed by atoms with Gasteiger partial charge in [0.15, 0.2) is 0 Å². The lowest BCUT2D eigenvalue weighted by molar-refractivity contribution is -0.128. The summed E-state index contributed by atoms with van der Waals surface area (Å²) in [5, 5.41) is 0. The number of ether oxygens (including phenoxy) is 1. The van der Waals surface area contributed by atoms with E-state index in [0.717, 1.165) is 36.3 Å². The van der Waals surface area contributed by atoms with Crippen molar-refractivity contribution in [2.24, 2.45) is 0 Å². The van der Waals surface area contributed by atoms with Gasteiger partial charge < -0.3 is 9.64 Å². The van der Waals surface area contributed by atoms with Crippen LogP contribution in [0.15, 0.2) is 60.2 Å². The lowest BCUT2D eigenvalue weighted by Gasteiger charge is -2.27. The first-order valence-corrected chi connectivity index (χ1v) is 8.11. The molecule has 0 aromatic heterocycles. The molecule has 2 aromatic rings. The molecule has 2 aromatic carbocycles. The molecule has 1 amide bonds. The molecule has 0 spiro atoms. The number of fused-ring (bicyclic) bond motifs is 1. The van der Waals surface area contributed by atoms with Crippen LogP contribution in [0.4, 0.5) is 0 Å². The minimum atomic E-state index is 0.103. The number of carbonyl (C=O) groups is 1. The second kappa shape index (κ2) is 5.92. The van der Waals surface area contributed by atoms with Crippen LogP contribution in [0, 0.1) is 0 Å². The average Bonchev–Trinajstić information content (AvgIpc) is 3.11. The van der Waals surface area contributed by atoms with Gasteiger partial charge in [-0.1, -0.05) is 48.5 Å². The molecule has 3 heteroatoms. The number of hydrogen-bond acceptors (Lipinski definition) is 2. The third-order valence-corrected chi connectivity index (χ3v) is 4.60. The Bertz CT molecular complexity index is 751. The molecule has 1 saturated heterocycles. The first kappa shape index (κ1) is 14.1. The summed E-state index contributed by atoms with van der Waals surface area (Å²) in [6.45, 7) is 1.17. The maximum absolute atomic E-state index is 13.0. The van der Waals surface area contributed by atoms with Crippen molar-refractivity contribution in [2.75, 3.05) is 13.2 Å². The van der Waals surface area contributed by atoms with Crippen molar-refractivity contribution in [1.29, 1.82) is 0 Å². The van der Waals surface area contributed by atoms with Gasteiger partial charge in [-0.2, -0.15) is 0 Å². The number of nitrogens with zero attached hydrogens (tertiary/aromatic N) is 1. The van der Waals surface area contributed by atoms with Gasteiger partial charge in [0.25, 0.3) is 5.91 Å². The van der Waals surface area contributed by atoms with Crippen LogP contribution >= 0.6 is 0 Å². The second-order valence-corrected chi connectivity index (χ2v) is 6.06. The molecule has 0 radical (unpaired) electrons. The second-order valence-electron chi connectivity index (χ2n) is 6.06. The zero-order valence-corrected chi connectivity index (χ0v) is 12.9. The topological polar surface area (TPSA) is 29.5 Å². The molecule has 1 unspecified atom stereocenters. The molecule has 0 saturated carbocycles. The van der Waals surface area contributed by atoms with Gasteiger partial charge in [0.05, 0.1) is 11.6 Å². The number of para-hydroxylation sites is 1. The van der Waals surface area contributed by atoms with E-state index < -0.39 is 0 Å². The molecule has 0 N–H and O–H groups in total. The summed E-state index contributed by atoms with van der Waals surface area (Å²) >= 11 is 0. The van der Waals surface area contributed by atoms with Crippen molar-refractivity contribution >= 4 is 12.0 Å². The van der Waals surface area contributed by atoms with Crippen LogP contribution in [0.5, 0.6) is 5.75 Å². The summed E-state index contributed by atoms with van der Waals surface area (Å²) in [5.74, 6) is 0.955. The predicted molar refractivity (Wildman–Crippen MR) is 90.0 cm³/mol. The Labute approximate surface area is 136 Å². The molecule has 1 fully saturated rings. The number of rotatable bonds is 2. The fraction of sp³-hybridized carbons (Fsp3) is 0.250. The first-order valence-electron chi connectivity index (χ1n) is 8.11. The van der Waals surface area contributed by atoms with Crippen molar-refractivity contribution < 1.29 is 9.53 Å². The molecule has 3 nitrogen and oxygen atoms in total. The summed E-state index contributed by atoms with van der Waals surface area (Å²) in [6, 6.07) is 18.3. The molecule has 2 heterocycles. The fourth-order valence-corrected chi connectivity index (χ4v) is 3.46. The molecular weight excluding hydrogens is 286 g/mol. The van der Waals surface area contributed by atoms with Crippen LogP contribution in [-0.4, -0.2) is 24.0 Å². The van der Waals surface area contributed by atoms with Gasteiger partial charge >= 0.3 is 0 Å². The Hall–Kier alpha value is -2.55. The van der Waals surface area contributed by atoms with Crippen molar-refractivity contribution in [2.45, 2.75) is 18.9 Å².